The quantitative estimate of drug-likeness (QED) is 0.614. The minimum atomic E-state index is -4.52. The van der Waals surface area contributed by atoms with Gasteiger partial charge < -0.3 is 15.6 Å². The van der Waals surface area contributed by atoms with E-state index in [1.165, 1.54) is 18.8 Å². The number of anilines is 1. The third-order valence-corrected chi connectivity index (χ3v) is 5.41. The number of pyridine rings is 1. The maximum atomic E-state index is 12.8. The van der Waals surface area contributed by atoms with E-state index in [9.17, 15) is 17.6 Å². The molecule has 0 saturated carbocycles. The highest BCUT2D eigenvalue weighted by Crippen LogP contribution is 2.35. The van der Waals surface area contributed by atoms with Gasteiger partial charge in [0, 0.05) is 30.8 Å². The molecule has 1 saturated heterocycles. The number of nitrogens with one attached hydrogen (secondary N) is 1. The van der Waals surface area contributed by atoms with Crippen LogP contribution in [-0.2, 0) is 6.18 Å². The first-order valence-corrected chi connectivity index (χ1v) is 10.4. The van der Waals surface area contributed by atoms with Crippen LogP contribution < -0.4 is 5.73 Å². The molecule has 168 valence electrons. The summed E-state index contributed by atoms with van der Waals surface area (Å²) in [6.45, 7) is 8.97. The largest absolute Gasteiger partial charge is 0.419 e. The van der Waals surface area contributed by atoms with E-state index in [2.05, 4.69) is 26.8 Å². The Morgan fingerprint density at radius 3 is 2.47 bits per heavy atom. The molecule has 3 rings (SSSR count). The number of nitrogens with zero attached hydrogens (tertiary/aromatic N) is 3. The molecular weight excluding hydrogens is 398 g/mol. The van der Waals surface area contributed by atoms with Gasteiger partial charge in [0.2, 0.25) is 0 Å². The molecule has 1 aliphatic rings. The summed E-state index contributed by atoms with van der Waals surface area (Å²) in [5.74, 6) is 1.31. The monoisotopic (exact) mass is 429 g/mol. The van der Waals surface area contributed by atoms with Crippen molar-refractivity contribution in [3.05, 3.63) is 29.8 Å². The predicted molar refractivity (Wildman–Crippen MR) is 111 cm³/mol. The molecule has 9 heteroatoms. The number of hydrogen-bond acceptors (Lipinski definition) is 4. The number of aromatic nitrogens is 3. The summed E-state index contributed by atoms with van der Waals surface area (Å²) >= 11 is 0. The minimum Gasteiger partial charge on any atom is -0.383 e. The highest BCUT2D eigenvalue weighted by molar-refractivity contribution is 5.61. The highest BCUT2D eigenvalue weighted by Gasteiger charge is 2.34. The topological polar surface area (TPSA) is 70.8 Å². The highest BCUT2D eigenvalue weighted by atomic mass is 19.4. The van der Waals surface area contributed by atoms with Crippen molar-refractivity contribution in [2.24, 2.45) is 5.92 Å². The number of halogens is 4. The van der Waals surface area contributed by atoms with E-state index in [1.807, 2.05) is 13.8 Å². The van der Waals surface area contributed by atoms with Crippen molar-refractivity contribution in [1.29, 1.82) is 0 Å². The lowest BCUT2D eigenvalue weighted by molar-refractivity contribution is -0.137. The Morgan fingerprint density at radius 1 is 1.23 bits per heavy atom. The SMILES string of the molecule is CC1CCN(CCF)C1.CCC(CC)c1ncc(-c2cnc(N)c(C(F)(F)F)c2)[nH]1. The van der Waals surface area contributed by atoms with Crippen molar-refractivity contribution in [2.75, 3.05) is 32.0 Å². The predicted octanol–water partition coefficient (Wildman–Crippen LogP) is 5.27. The molecule has 1 unspecified atom stereocenters. The third kappa shape index (κ3) is 6.42. The van der Waals surface area contributed by atoms with Crippen LogP contribution in [0.15, 0.2) is 18.5 Å². The van der Waals surface area contributed by atoms with Gasteiger partial charge >= 0.3 is 6.18 Å². The maximum absolute atomic E-state index is 12.8. The lowest BCUT2D eigenvalue weighted by atomic mass is 10.0. The summed E-state index contributed by atoms with van der Waals surface area (Å²) in [6, 6.07) is 0.993. The molecule has 2 aromatic heterocycles. The summed E-state index contributed by atoms with van der Waals surface area (Å²) in [5.41, 5.74) is 5.19. The third-order valence-electron chi connectivity index (χ3n) is 5.41. The summed E-state index contributed by atoms with van der Waals surface area (Å²) in [6.07, 6.45) is 1.40. The Hall–Kier alpha value is -2.16. The van der Waals surface area contributed by atoms with Crippen LogP contribution in [0.5, 0.6) is 0 Å². The number of aromatic amines is 1. The molecule has 3 heterocycles. The first kappa shape index (κ1) is 24.1. The van der Waals surface area contributed by atoms with E-state index < -0.39 is 17.6 Å². The molecule has 0 spiro atoms. The van der Waals surface area contributed by atoms with Gasteiger partial charge in [0.15, 0.2) is 0 Å². The van der Waals surface area contributed by atoms with E-state index in [-0.39, 0.29) is 12.6 Å². The van der Waals surface area contributed by atoms with Crippen molar-refractivity contribution >= 4 is 5.82 Å². The Balaban J connectivity index is 0.000000297. The van der Waals surface area contributed by atoms with Gasteiger partial charge in [-0.15, -0.1) is 0 Å². The molecule has 3 N–H and O–H groups in total. The number of hydrogen-bond donors (Lipinski definition) is 2. The number of rotatable bonds is 6. The first-order valence-electron chi connectivity index (χ1n) is 10.4. The lowest BCUT2D eigenvalue weighted by Crippen LogP contribution is -2.22. The lowest BCUT2D eigenvalue weighted by Gasteiger charge is -2.11. The smallest absolute Gasteiger partial charge is 0.383 e. The number of likely N-dealkylation sites (tertiary alicyclic amines) is 1. The second-order valence-corrected chi connectivity index (χ2v) is 7.73. The molecular formula is C21H31F4N5. The van der Waals surface area contributed by atoms with Gasteiger partial charge in [-0.1, -0.05) is 20.8 Å². The average Bonchev–Trinajstić information content (AvgIpc) is 3.33. The maximum Gasteiger partial charge on any atom is 0.419 e. The standard InChI is InChI=1S/C14H17F3N4.C7H14FN/c1-3-8(4-2)13-20-7-11(21-13)9-5-10(14(15,16)17)12(18)19-6-9;1-7-2-4-9(6-7)5-3-8/h5-8H,3-4H2,1-2H3,(H2,18,19)(H,20,21);7H,2-6H2,1H3. The van der Waals surface area contributed by atoms with E-state index in [1.54, 1.807) is 0 Å². The first-order chi connectivity index (χ1) is 14.2. The number of H-pyrrole nitrogens is 1. The van der Waals surface area contributed by atoms with E-state index in [4.69, 9.17) is 5.73 Å². The zero-order valence-electron chi connectivity index (χ0n) is 17.8. The van der Waals surface area contributed by atoms with Crippen LogP contribution in [0, 0.1) is 5.92 Å². The molecule has 0 aromatic carbocycles. The summed E-state index contributed by atoms with van der Waals surface area (Å²) in [7, 11) is 0. The molecule has 0 amide bonds. The van der Waals surface area contributed by atoms with Crippen molar-refractivity contribution in [3.8, 4) is 11.3 Å². The summed E-state index contributed by atoms with van der Waals surface area (Å²) in [4.78, 5) is 13.1. The normalized spacial score (nSPS) is 17.3. The van der Waals surface area contributed by atoms with Crippen molar-refractivity contribution in [2.45, 2.75) is 52.1 Å². The number of imidazole rings is 1. The van der Waals surface area contributed by atoms with E-state index in [0.717, 1.165) is 43.7 Å². The zero-order valence-corrected chi connectivity index (χ0v) is 17.8. The second-order valence-electron chi connectivity index (χ2n) is 7.73. The molecule has 1 aliphatic heterocycles. The molecule has 0 radical (unpaired) electrons. The Labute approximate surface area is 175 Å². The van der Waals surface area contributed by atoms with Gasteiger partial charge in [-0.2, -0.15) is 13.2 Å². The molecule has 0 aliphatic carbocycles. The molecule has 30 heavy (non-hydrogen) atoms. The fourth-order valence-electron chi connectivity index (χ4n) is 3.56. The van der Waals surface area contributed by atoms with Crippen LogP contribution in [-0.4, -0.2) is 46.2 Å². The van der Waals surface area contributed by atoms with Crippen LogP contribution in [0.2, 0.25) is 0 Å². The zero-order chi connectivity index (χ0) is 22.3. The fourth-order valence-corrected chi connectivity index (χ4v) is 3.56. The van der Waals surface area contributed by atoms with Crippen molar-refractivity contribution in [3.63, 3.8) is 0 Å². The Kier molecular flexibility index (Phi) is 8.64. The minimum absolute atomic E-state index is 0.188. The molecule has 2 aromatic rings. The van der Waals surface area contributed by atoms with Gasteiger partial charge in [0.05, 0.1) is 17.5 Å². The van der Waals surface area contributed by atoms with E-state index >= 15 is 0 Å². The summed E-state index contributed by atoms with van der Waals surface area (Å²) < 4.78 is 50.3. The van der Waals surface area contributed by atoms with Gasteiger partial charge in [-0.05, 0) is 37.8 Å². The Morgan fingerprint density at radius 2 is 1.93 bits per heavy atom. The van der Waals surface area contributed by atoms with Crippen molar-refractivity contribution < 1.29 is 17.6 Å². The molecule has 1 fully saturated rings. The van der Waals surface area contributed by atoms with E-state index in [0.29, 0.717) is 17.8 Å². The summed E-state index contributed by atoms with van der Waals surface area (Å²) in [5, 5.41) is 0. The van der Waals surface area contributed by atoms with Gasteiger partial charge in [0.25, 0.3) is 0 Å². The van der Waals surface area contributed by atoms with Crippen molar-refractivity contribution in [1.82, 2.24) is 19.9 Å². The van der Waals surface area contributed by atoms with Crippen LogP contribution in [0.25, 0.3) is 11.3 Å². The van der Waals surface area contributed by atoms with Crippen LogP contribution >= 0.6 is 0 Å². The van der Waals surface area contributed by atoms with Gasteiger partial charge in [-0.3, -0.25) is 0 Å². The number of nitrogens with two attached hydrogens (primary N) is 1. The fraction of sp³-hybridized carbons (Fsp3) is 0.619. The molecule has 1 atom stereocenters. The molecule has 5 nitrogen and oxygen atoms in total. The van der Waals surface area contributed by atoms with Gasteiger partial charge in [0.1, 0.15) is 18.3 Å². The van der Waals surface area contributed by atoms with Crippen LogP contribution in [0.1, 0.15) is 57.3 Å². The average molecular weight is 430 g/mol. The second kappa shape index (κ2) is 10.7. The van der Waals surface area contributed by atoms with Crippen LogP contribution in [0.3, 0.4) is 0 Å². The Bertz CT molecular complexity index is 784. The molecule has 0 bridgehead atoms. The van der Waals surface area contributed by atoms with Gasteiger partial charge in [-0.25, -0.2) is 14.4 Å². The van der Waals surface area contributed by atoms with Crippen LogP contribution in [0.4, 0.5) is 23.4 Å². The number of alkyl halides is 4. The number of nitrogen functional groups attached to an aromatic ring is 1.